The summed E-state index contributed by atoms with van der Waals surface area (Å²) in [6.07, 6.45) is 0.705. The van der Waals surface area contributed by atoms with Crippen LogP contribution in [0.2, 0.25) is 0 Å². The number of nitrogens with zero attached hydrogens (tertiary/aromatic N) is 1. The minimum Gasteiger partial charge on any atom is -0.444 e. The van der Waals surface area contributed by atoms with E-state index >= 15 is 0 Å². The van der Waals surface area contributed by atoms with Crippen LogP contribution in [0.15, 0.2) is 0 Å². The molecule has 2 heterocycles. The van der Waals surface area contributed by atoms with Gasteiger partial charge in [0.15, 0.2) is 0 Å². The highest BCUT2D eigenvalue weighted by molar-refractivity contribution is 5.69. The molecule has 2 aliphatic rings. The number of rotatable bonds is 0. The van der Waals surface area contributed by atoms with Gasteiger partial charge in [0, 0.05) is 13.0 Å². The van der Waals surface area contributed by atoms with Crippen LogP contribution in [-0.2, 0) is 9.47 Å². The molecule has 0 aromatic heterocycles. The number of amides is 1. The Morgan fingerprint density at radius 1 is 1.47 bits per heavy atom. The number of carbonyl (C=O) groups excluding carboxylic acids is 1. The van der Waals surface area contributed by atoms with Gasteiger partial charge in [0.2, 0.25) is 0 Å². The second-order valence-electron chi connectivity index (χ2n) is 6.01. The molecule has 5 heteroatoms. The maximum Gasteiger partial charge on any atom is 0.410 e. The summed E-state index contributed by atoms with van der Waals surface area (Å²) >= 11 is 0. The summed E-state index contributed by atoms with van der Waals surface area (Å²) < 4.78 is 10.9. The summed E-state index contributed by atoms with van der Waals surface area (Å²) in [4.78, 5) is 13.4. The van der Waals surface area contributed by atoms with Crippen molar-refractivity contribution in [2.24, 2.45) is 0 Å². The van der Waals surface area contributed by atoms with Crippen LogP contribution in [0.1, 0.15) is 33.6 Å². The van der Waals surface area contributed by atoms with Gasteiger partial charge in [0.25, 0.3) is 0 Å². The molecule has 2 aliphatic heterocycles. The van der Waals surface area contributed by atoms with Crippen molar-refractivity contribution in [2.75, 3.05) is 19.7 Å². The smallest absolute Gasteiger partial charge is 0.410 e. The van der Waals surface area contributed by atoms with Crippen molar-refractivity contribution in [1.29, 1.82) is 0 Å². The lowest BCUT2D eigenvalue weighted by Crippen LogP contribution is -2.67. The largest absolute Gasteiger partial charge is 0.444 e. The van der Waals surface area contributed by atoms with Crippen LogP contribution >= 0.6 is 0 Å². The molecule has 0 bridgehead atoms. The monoisotopic (exact) mass is 243 g/mol. The SMILES string of the molecule is CC(C)(C)OC(=O)N1CC2(C[C@@H](O)CCO2)C1. The van der Waals surface area contributed by atoms with Crippen molar-refractivity contribution >= 4 is 6.09 Å². The number of hydrogen-bond acceptors (Lipinski definition) is 4. The van der Waals surface area contributed by atoms with E-state index < -0.39 is 5.60 Å². The van der Waals surface area contributed by atoms with E-state index in [2.05, 4.69) is 0 Å². The molecule has 0 aliphatic carbocycles. The molecule has 0 aromatic rings. The van der Waals surface area contributed by atoms with Gasteiger partial charge >= 0.3 is 6.09 Å². The lowest BCUT2D eigenvalue weighted by atomic mass is 9.85. The molecule has 0 saturated carbocycles. The van der Waals surface area contributed by atoms with Crippen LogP contribution in [0, 0.1) is 0 Å². The normalized spacial score (nSPS) is 27.8. The van der Waals surface area contributed by atoms with E-state index in [1.807, 2.05) is 20.8 Å². The summed E-state index contributed by atoms with van der Waals surface area (Å²) in [5.74, 6) is 0. The average Bonchev–Trinajstić information content (AvgIpc) is 2.10. The Kier molecular flexibility index (Phi) is 3.08. The lowest BCUT2D eigenvalue weighted by Gasteiger charge is -2.52. The number of aliphatic hydroxyl groups excluding tert-OH is 1. The molecule has 98 valence electrons. The first-order valence-electron chi connectivity index (χ1n) is 6.10. The first kappa shape index (κ1) is 12.6. The topological polar surface area (TPSA) is 59.0 Å². The predicted molar refractivity (Wildman–Crippen MR) is 61.7 cm³/mol. The maximum atomic E-state index is 11.7. The highest BCUT2D eigenvalue weighted by atomic mass is 16.6. The molecule has 0 radical (unpaired) electrons. The molecule has 2 fully saturated rings. The Labute approximate surface area is 102 Å². The highest BCUT2D eigenvalue weighted by Crippen LogP contribution is 2.34. The molecule has 5 nitrogen and oxygen atoms in total. The average molecular weight is 243 g/mol. The Morgan fingerprint density at radius 3 is 2.65 bits per heavy atom. The molecule has 1 atom stereocenters. The van der Waals surface area contributed by atoms with Crippen LogP contribution in [-0.4, -0.2) is 53.1 Å². The number of ether oxygens (including phenoxy) is 2. The molecular weight excluding hydrogens is 222 g/mol. The molecule has 2 saturated heterocycles. The standard InChI is InChI=1S/C12H21NO4/c1-11(2,3)17-10(15)13-7-12(8-13)6-9(14)4-5-16-12/h9,14H,4-8H2,1-3H3/t9-/m0/s1. The zero-order valence-electron chi connectivity index (χ0n) is 10.7. The van der Waals surface area contributed by atoms with Crippen molar-refractivity contribution < 1.29 is 19.4 Å². The molecular formula is C12H21NO4. The fraction of sp³-hybridized carbons (Fsp3) is 0.917. The van der Waals surface area contributed by atoms with Crippen molar-refractivity contribution in [3.05, 3.63) is 0 Å². The number of carbonyl (C=O) groups is 1. The Balaban J connectivity index is 1.83. The van der Waals surface area contributed by atoms with Crippen molar-refractivity contribution in [3.63, 3.8) is 0 Å². The second kappa shape index (κ2) is 4.14. The second-order valence-corrected chi connectivity index (χ2v) is 6.01. The molecule has 17 heavy (non-hydrogen) atoms. The lowest BCUT2D eigenvalue weighted by molar-refractivity contribution is -0.183. The van der Waals surface area contributed by atoms with Gasteiger partial charge in [-0.3, -0.25) is 0 Å². The fourth-order valence-electron chi connectivity index (χ4n) is 2.33. The molecule has 2 rings (SSSR count). The maximum absolute atomic E-state index is 11.7. The number of hydrogen-bond donors (Lipinski definition) is 1. The minimum absolute atomic E-state index is 0.299. The molecule has 1 N–H and O–H groups in total. The van der Waals surface area contributed by atoms with Crippen LogP contribution in [0.4, 0.5) is 4.79 Å². The van der Waals surface area contributed by atoms with Crippen LogP contribution in [0.3, 0.4) is 0 Å². The van der Waals surface area contributed by atoms with Gasteiger partial charge in [-0.25, -0.2) is 4.79 Å². The van der Waals surface area contributed by atoms with E-state index in [9.17, 15) is 9.90 Å². The molecule has 0 aromatic carbocycles. The van der Waals surface area contributed by atoms with E-state index in [0.717, 1.165) is 0 Å². The number of likely N-dealkylation sites (tertiary alicyclic amines) is 1. The van der Waals surface area contributed by atoms with E-state index in [1.165, 1.54) is 0 Å². The third-order valence-corrected chi connectivity index (χ3v) is 3.08. The first-order chi connectivity index (χ1) is 7.80. The van der Waals surface area contributed by atoms with Gasteiger partial charge in [-0.15, -0.1) is 0 Å². The van der Waals surface area contributed by atoms with Gasteiger partial charge in [-0.2, -0.15) is 0 Å². The molecule has 1 spiro atoms. The van der Waals surface area contributed by atoms with Crippen molar-refractivity contribution in [3.8, 4) is 0 Å². The summed E-state index contributed by atoms with van der Waals surface area (Å²) in [6.45, 7) is 7.17. The minimum atomic E-state index is -0.466. The van der Waals surface area contributed by atoms with Crippen LogP contribution in [0.5, 0.6) is 0 Å². The third-order valence-electron chi connectivity index (χ3n) is 3.08. The zero-order valence-corrected chi connectivity index (χ0v) is 10.7. The molecule has 0 unspecified atom stereocenters. The predicted octanol–water partition coefficient (Wildman–Crippen LogP) is 1.15. The fourth-order valence-corrected chi connectivity index (χ4v) is 2.33. The third kappa shape index (κ3) is 2.90. The van der Waals surface area contributed by atoms with E-state index in [1.54, 1.807) is 4.90 Å². The van der Waals surface area contributed by atoms with Gasteiger partial charge in [-0.05, 0) is 27.2 Å². The van der Waals surface area contributed by atoms with Crippen LogP contribution in [0.25, 0.3) is 0 Å². The van der Waals surface area contributed by atoms with E-state index in [4.69, 9.17) is 9.47 Å². The summed E-state index contributed by atoms with van der Waals surface area (Å²) in [6, 6.07) is 0. The summed E-state index contributed by atoms with van der Waals surface area (Å²) in [5.41, 5.74) is -0.790. The zero-order chi connectivity index (χ0) is 12.7. The Hall–Kier alpha value is -0.810. The molecule has 1 amide bonds. The van der Waals surface area contributed by atoms with Gasteiger partial charge in [0.1, 0.15) is 11.2 Å². The van der Waals surface area contributed by atoms with Crippen molar-refractivity contribution in [2.45, 2.75) is 50.9 Å². The Bertz CT molecular complexity index is 304. The quantitative estimate of drug-likeness (QED) is 0.693. The van der Waals surface area contributed by atoms with Crippen LogP contribution < -0.4 is 0 Å². The first-order valence-corrected chi connectivity index (χ1v) is 6.10. The van der Waals surface area contributed by atoms with E-state index in [0.29, 0.717) is 32.5 Å². The van der Waals surface area contributed by atoms with E-state index in [-0.39, 0.29) is 17.8 Å². The van der Waals surface area contributed by atoms with Gasteiger partial charge < -0.3 is 19.5 Å². The Morgan fingerprint density at radius 2 is 2.12 bits per heavy atom. The number of aliphatic hydroxyl groups is 1. The van der Waals surface area contributed by atoms with Gasteiger partial charge in [-0.1, -0.05) is 0 Å². The van der Waals surface area contributed by atoms with Gasteiger partial charge in [0.05, 0.1) is 19.2 Å². The van der Waals surface area contributed by atoms with Crippen molar-refractivity contribution in [1.82, 2.24) is 4.90 Å². The summed E-state index contributed by atoms with van der Waals surface area (Å²) in [7, 11) is 0. The summed E-state index contributed by atoms with van der Waals surface area (Å²) in [5, 5.41) is 9.61. The highest BCUT2D eigenvalue weighted by Gasteiger charge is 2.50.